The van der Waals surface area contributed by atoms with Gasteiger partial charge in [0.15, 0.2) is 0 Å². The van der Waals surface area contributed by atoms with E-state index < -0.39 is 6.10 Å². The molecular weight excluding hydrogens is 236 g/mol. The molecule has 0 radical (unpaired) electrons. The minimum Gasteiger partial charge on any atom is -0.388 e. The van der Waals surface area contributed by atoms with E-state index in [4.69, 9.17) is 4.74 Å². The van der Waals surface area contributed by atoms with E-state index in [-0.39, 0.29) is 0 Å². The molecule has 1 aromatic rings. The fourth-order valence-corrected chi connectivity index (χ4v) is 2.95. The molecule has 1 aliphatic carbocycles. The third kappa shape index (κ3) is 4.63. The average molecular weight is 262 g/mol. The van der Waals surface area contributed by atoms with Crippen LogP contribution in [0.15, 0.2) is 30.3 Å². The van der Waals surface area contributed by atoms with Crippen LogP contribution in [-0.2, 0) is 4.74 Å². The van der Waals surface area contributed by atoms with Crippen molar-refractivity contribution < 1.29 is 9.84 Å². The molecule has 2 nitrogen and oxygen atoms in total. The van der Waals surface area contributed by atoms with E-state index in [1.165, 1.54) is 32.1 Å². The van der Waals surface area contributed by atoms with E-state index in [2.05, 4.69) is 6.92 Å². The van der Waals surface area contributed by atoms with Crippen LogP contribution in [0.2, 0.25) is 0 Å². The fourth-order valence-electron chi connectivity index (χ4n) is 2.95. The number of hydrogen-bond acceptors (Lipinski definition) is 2. The highest BCUT2D eigenvalue weighted by Gasteiger charge is 2.21. The molecule has 0 saturated heterocycles. The lowest BCUT2D eigenvalue weighted by atomic mass is 9.85. The average Bonchev–Trinajstić information content (AvgIpc) is 2.48. The maximum absolute atomic E-state index is 10.1. The third-order valence-corrected chi connectivity index (χ3v) is 4.24. The zero-order valence-corrected chi connectivity index (χ0v) is 11.9. The first-order chi connectivity index (χ1) is 9.29. The summed E-state index contributed by atoms with van der Waals surface area (Å²) in [6.07, 6.45) is 7.04. The highest BCUT2D eigenvalue weighted by atomic mass is 16.5. The van der Waals surface area contributed by atoms with Gasteiger partial charge in [0.1, 0.15) is 0 Å². The van der Waals surface area contributed by atoms with Crippen LogP contribution in [0.5, 0.6) is 0 Å². The summed E-state index contributed by atoms with van der Waals surface area (Å²) in [5.41, 5.74) is 0.987. The van der Waals surface area contributed by atoms with Crippen molar-refractivity contribution in [3.8, 4) is 0 Å². The minimum absolute atomic E-state index is 0.397. The number of aliphatic hydroxyl groups excluding tert-OH is 1. The second-order valence-corrected chi connectivity index (χ2v) is 5.65. The molecule has 1 N–H and O–H groups in total. The van der Waals surface area contributed by atoms with Gasteiger partial charge in [-0.25, -0.2) is 0 Å². The Morgan fingerprint density at radius 1 is 1.26 bits per heavy atom. The SMILES string of the molecule is CCC1CCCC(OCCC(O)c2ccccc2)C1. The van der Waals surface area contributed by atoms with E-state index in [1.54, 1.807) is 0 Å². The van der Waals surface area contributed by atoms with Gasteiger partial charge in [-0.1, -0.05) is 56.5 Å². The van der Waals surface area contributed by atoms with E-state index in [0.29, 0.717) is 19.1 Å². The standard InChI is InChI=1S/C17H26O2/c1-2-14-7-6-10-16(13-14)19-12-11-17(18)15-8-4-3-5-9-15/h3-5,8-9,14,16-18H,2,6-7,10-13H2,1H3. The van der Waals surface area contributed by atoms with Gasteiger partial charge in [-0.15, -0.1) is 0 Å². The smallest absolute Gasteiger partial charge is 0.0812 e. The van der Waals surface area contributed by atoms with Crippen LogP contribution in [-0.4, -0.2) is 17.8 Å². The zero-order chi connectivity index (χ0) is 13.5. The first kappa shape index (κ1) is 14.5. The Kier molecular flexibility index (Phi) is 5.87. The molecule has 1 fully saturated rings. The van der Waals surface area contributed by atoms with Gasteiger partial charge in [0, 0.05) is 13.0 Å². The van der Waals surface area contributed by atoms with Gasteiger partial charge in [-0.3, -0.25) is 0 Å². The molecule has 2 rings (SSSR count). The van der Waals surface area contributed by atoms with Crippen molar-refractivity contribution in [2.24, 2.45) is 5.92 Å². The van der Waals surface area contributed by atoms with Crippen molar-refractivity contribution in [2.45, 2.75) is 57.7 Å². The summed E-state index contributed by atoms with van der Waals surface area (Å²) in [7, 11) is 0. The molecule has 2 heteroatoms. The first-order valence-corrected chi connectivity index (χ1v) is 7.64. The lowest BCUT2D eigenvalue weighted by Gasteiger charge is -2.28. The largest absolute Gasteiger partial charge is 0.388 e. The van der Waals surface area contributed by atoms with E-state index in [9.17, 15) is 5.11 Å². The van der Waals surface area contributed by atoms with Crippen LogP contribution in [0, 0.1) is 5.92 Å². The molecule has 0 heterocycles. The van der Waals surface area contributed by atoms with Crippen molar-refractivity contribution in [3.63, 3.8) is 0 Å². The van der Waals surface area contributed by atoms with Gasteiger partial charge >= 0.3 is 0 Å². The van der Waals surface area contributed by atoms with Gasteiger partial charge in [-0.05, 0) is 24.3 Å². The van der Waals surface area contributed by atoms with Gasteiger partial charge < -0.3 is 9.84 Å². The number of aliphatic hydroxyl groups is 1. The van der Waals surface area contributed by atoms with Crippen LogP contribution in [0.1, 0.15) is 57.1 Å². The molecule has 0 spiro atoms. The summed E-state index contributed by atoms with van der Waals surface area (Å²) in [6, 6.07) is 9.84. The molecule has 0 amide bonds. The predicted octanol–water partition coefficient (Wildman–Crippen LogP) is 4.10. The molecule has 1 aliphatic rings. The molecule has 0 bridgehead atoms. The fraction of sp³-hybridized carbons (Fsp3) is 0.647. The van der Waals surface area contributed by atoms with Crippen LogP contribution >= 0.6 is 0 Å². The van der Waals surface area contributed by atoms with Crippen molar-refractivity contribution in [3.05, 3.63) is 35.9 Å². The molecule has 3 unspecified atom stereocenters. The Morgan fingerprint density at radius 2 is 2.05 bits per heavy atom. The maximum Gasteiger partial charge on any atom is 0.0812 e. The van der Waals surface area contributed by atoms with Gasteiger partial charge in [-0.2, -0.15) is 0 Å². The summed E-state index contributed by atoms with van der Waals surface area (Å²) >= 11 is 0. The predicted molar refractivity (Wildman–Crippen MR) is 78.0 cm³/mol. The molecule has 106 valence electrons. The van der Waals surface area contributed by atoms with Crippen LogP contribution in [0.25, 0.3) is 0 Å². The second kappa shape index (κ2) is 7.66. The minimum atomic E-state index is -0.397. The quantitative estimate of drug-likeness (QED) is 0.836. The van der Waals surface area contributed by atoms with Crippen LogP contribution in [0.4, 0.5) is 0 Å². The van der Waals surface area contributed by atoms with Gasteiger partial charge in [0.2, 0.25) is 0 Å². The summed E-state index contributed by atoms with van der Waals surface area (Å²) in [5.74, 6) is 0.845. The number of ether oxygens (including phenoxy) is 1. The molecule has 1 saturated carbocycles. The van der Waals surface area contributed by atoms with Crippen molar-refractivity contribution in [1.29, 1.82) is 0 Å². The number of rotatable bonds is 6. The van der Waals surface area contributed by atoms with Crippen LogP contribution in [0.3, 0.4) is 0 Å². The normalized spacial score (nSPS) is 25.2. The highest BCUT2D eigenvalue weighted by molar-refractivity contribution is 5.17. The van der Waals surface area contributed by atoms with Crippen molar-refractivity contribution in [2.75, 3.05) is 6.61 Å². The summed E-state index contributed by atoms with van der Waals surface area (Å²) < 4.78 is 5.95. The Balaban J connectivity index is 1.69. The molecule has 1 aromatic carbocycles. The van der Waals surface area contributed by atoms with Gasteiger partial charge in [0.05, 0.1) is 12.2 Å². The Hall–Kier alpha value is -0.860. The Morgan fingerprint density at radius 3 is 2.79 bits per heavy atom. The zero-order valence-electron chi connectivity index (χ0n) is 11.9. The molecule has 0 aliphatic heterocycles. The summed E-state index contributed by atoms with van der Waals surface area (Å²) in [6.45, 7) is 2.93. The highest BCUT2D eigenvalue weighted by Crippen LogP contribution is 2.28. The van der Waals surface area contributed by atoms with Crippen molar-refractivity contribution >= 4 is 0 Å². The van der Waals surface area contributed by atoms with E-state index in [0.717, 1.165) is 11.5 Å². The monoisotopic (exact) mass is 262 g/mol. The lowest BCUT2D eigenvalue weighted by molar-refractivity contribution is -0.00357. The first-order valence-electron chi connectivity index (χ1n) is 7.64. The van der Waals surface area contributed by atoms with Crippen molar-refractivity contribution in [1.82, 2.24) is 0 Å². The maximum atomic E-state index is 10.1. The summed E-state index contributed by atoms with van der Waals surface area (Å²) in [5, 5.41) is 10.1. The Labute approximate surface area is 116 Å². The third-order valence-electron chi connectivity index (χ3n) is 4.24. The van der Waals surface area contributed by atoms with Gasteiger partial charge in [0.25, 0.3) is 0 Å². The Bertz CT molecular complexity index is 350. The number of benzene rings is 1. The number of hydrogen-bond donors (Lipinski definition) is 1. The molecular formula is C17H26O2. The molecule has 19 heavy (non-hydrogen) atoms. The second-order valence-electron chi connectivity index (χ2n) is 5.65. The van der Waals surface area contributed by atoms with E-state index in [1.807, 2.05) is 30.3 Å². The molecule has 3 atom stereocenters. The van der Waals surface area contributed by atoms with Crippen LogP contribution < -0.4 is 0 Å². The van der Waals surface area contributed by atoms with E-state index >= 15 is 0 Å². The molecule has 0 aromatic heterocycles. The lowest BCUT2D eigenvalue weighted by Crippen LogP contribution is -2.23. The summed E-state index contributed by atoms with van der Waals surface area (Å²) in [4.78, 5) is 0. The topological polar surface area (TPSA) is 29.5 Å².